The summed E-state index contributed by atoms with van der Waals surface area (Å²) in [4.78, 5) is 62.7. The van der Waals surface area contributed by atoms with E-state index < -0.39 is 29.1 Å². The number of anilines is 1. The maximum absolute atomic E-state index is 14.5. The molecule has 4 fully saturated rings. The number of carbonyl (C=O) groups is 4. The first-order valence-electron chi connectivity index (χ1n) is 17.2. The van der Waals surface area contributed by atoms with Crippen molar-refractivity contribution in [3.63, 3.8) is 0 Å². The summed E-state index contributed by atoms with van der Waals surface area (Å²) in [7, 11) is 0. The fraction of sp³-hybridized carbons (Fsp3) is 0.400. The van der Waals surface area contributed by atoms with E-state index in [4.69, 9.17) is 0 Å². The largest absolute Gasteiger partial charge is 0.507 e. The summed E-state index contributed by atoms with van der Waals surface area (Å²) in [6.45, 7) is 6.13. The first-order chi connectivity index (χ1) is 23.2. The number of likely N-dealkylation sites (tertiary alicyclic amines) is 2. The second-order valence-electron chi connectivity index (χ2n) is 14.5. The number of benzene rings is 3. The predicted molar refractivity (Wildman–Crippen MR) is 180 cm³/mol. The SMILES string of the molecule is Cc1cccc(C2C3=CCC4C(=O)N(C5CCN(Cc6ccccc6)CC5)C(=O)C4C3CC3C(=O)N(c4ccccc4)C(=O)C32C)c1O. The van der Waals surface area contributed by atoms with Crippen LogP contribution >= 0.6 is 0 Å². The van der Waals surface area contributed by atoms with Gasteiger partial charge in [0, 0.05) is 37.2 Å². The van der Waals surface area contributed by atoms with Crippen molar-refractivity contribution >= 4 is 29.3 Å². The van der Waals surface area contributed by atoms with Gasteiger partial charge in [-0.05, 0) is 68.7 Å². The van der Waals surface area contributed by atoms with Crippen LogP contribution in [0, 0.1) is 36.0 Å². The third-order valence-electron chi connectivity index (χ3n) is 12.1. The van der Waals surface area contributed by atoms with Gasteiger partial charge in [0.1, 0.15) is 5.75 Å². The van der Waals surface area contributed by atoms with Crippen LogP contribution in [0.4, 0.5) is 5.69 Å². The number of amides is 4. The number of nitrogens with zero attached hydrogens (tertiary/aromatic N) is 3. The van der Waals surface area contributed by atoms with Crippen molar-refractivity contribution in [1.82, 2.24) is 9.80 Å². The minimum absolute atomic E-state index is 0.0993. The molecule has 8 nitrogen and oxygen atoms in total. The highest BCUT2D eigenvalue weighted by atomic mass is 16.3. The highest BCUT2D eigenvalue weighted by Crippen LogP contribution is 2.64. The normalized spacial score (nSPS) is 30.7. The summed E-state index contributed by atoms with van der Waals surface area (Å²) in [6.07, 6.45) is 4.23. The van der Waals surface area contributed by atoms with E-state index in [2.05, 4.69) is 23.1 Å². The van der Waals surface area contributed by atoms with Crippen LogP contribution in [0.2, 0.25) is 0 Å². The van der Waals surface area contributed by atoms with Crippen LogP contribution in [0.15, 0.2) is 90.5 Å². The van der Waals surface area contributed by atoms with E-state index >= 15 is 0 Å². The van der Waals surface area contributed by atoms with Crippen molar-refractivity contribution < 1.29 is 24.3 Å². The minimum atomic E-state index is -1.18. The average Bonchev–Trinajstić information content (AvgIpc) is 3.47. The van der Waals surface area contributed by atoms with Gasteiger partial charge in [0.05, 0.1) is 28.9 Å². The predicted octanol–water partition coefficient (Wildman–Crippen LogP) is 5.60. The Balaban J connectivity index is 1.13. The average molecular weight is 644 g/mol. The van der Waals surface area contributed by atoms with Crippen LogP contribution in [-0.2, 0) is 25.7 Å². The monoisotopic (exact) mass is 643 g/mol. The quantitative estimate of drug-likeness (QED) is 0.287. The van der Waals surface area contributed by atoms with E-state index in [1.807, 2.05) is 56.3 Å². The van der Waals surface area contributed by atoms with Crippen LogP contribution in [0.1, 0.15) is 55.2 Å². The van der Waals surface area contributed by atoms with E-state index in [1.54, 1.807) is 29.2 Å². The molecule has 48 heavy (non-hydrogen) atoms. The molecular formula is C40H41N3O5. The lowest BCUT2D eigenvalue weighted by Gasteiger charge is -2.49. The second-order valence-corrected chi connectivity index (χ2v) is 14.5. The number of piperidine rings is 1. The van der Waals surface area contributed by atoms with Gasteiger partial charge >= 0.3 is 0 Å². The number of imide groups is 2. The molecule has 8 rings (SSSR count). The molecule has 5 aliphatic rings. The maximum Gasteiger partial charge on any atom is 0.241 e. The lowest BCUT2D eigenvalue weighted by atomic mass is 9.51. The summed E-state index contributed by atoms with van der Waals surface area (Å²) >= 11 is 0. The van der Waals surface area contributed by atoms with Crippen molar-refractivity contribution in [2.75, 3.05) is 18.0 Å². The molecule has 0 radical (unpaired) electrons. The van der Waals surface area contributed by atoms with Crippen LogP contribution in [0.3, 0.4) is 0 Å². The zero-order chi connectivity index (χ0) is 33.3. The van der Waals surface area contributed by atoms with Gasteiger partial charge in [0.2, 0.25) is 23.6 Å². The van der Waals surface area contributed by atoms with Crippen LogP contribution < -0.4 is 4.90 Å². The third kappa shape index (κ3) is 4.52. The van der Waals surface area contributed by atoms with Crippen LogP contribution in [0.25, 0.3) is 0 Å². The molecule has 1 N–H and O–H groups in total. The molecule has 3 aliphatic heterocycles. The maximum atomic E-state index is 14.5. The van der Waals surface area contributed by atoms with Gasteiger partial charge < -0.3 is 5.11 Å². The molecule has 0 spiro atoms. The number of phenolic OH excluding ortho intramolecular Hbond substituents is 1. The summed E-state index contributed by atoms with van der Waals surface area (Å²) in [5.41, 5.74) is 2.75. The highest BCUT2D eigenvalue weighted by Gasteiger charge is 2.68. The fourth-order valence-electron chi connectivity index (χ4n) is 9.66. The zero-order valence-corrected chi connectivity index (χ0v) is 27.4. The molecule has 4 amide bonds. The van der Waals surface area contributed by atoms with Crippen molar-refractivity contribution in [2.45, 2.75) is 58.0 Å². The lowest BCUT2D eigenvalue weighted by Crippen LogP contribution is -2.49. The molecule has 3 aromatic rings. The second kappa shape index (κ2) is 11.5. The number of hydrogen-bond acceptors (Lipinski definition) is 6. The Labute approximate surface area is 281 Å². The smallest absolute Gasteiger partial charge is 0.241 e. The summed E-state index contributed by atoms with van der Waals surface area (Å²) in [5.74, 6) is -3.53. The molecule has 0 bridgehead atoms. The van der Waals surface area contributed by atoms with Gasteiger partial charge in [-0.1, -0.05) is 78.4 Å². The van der Waals surface area contributed by atoms with Crippen molar-refractivity contribution in [2.24, 2.45) is 29.1 Å². The number of aryl methyl sites for hydroxylation is 1. The highest BCUT2D eigenvalue weighted by molar-refractivity contribution is 6.24. The number of fused-ring (bicyclic) bond motifs is 4. The molecule has 2 aliphatic carbocycles. The zero-order valence-electron chi connectivity index (χ0n) is 27.4. The standard InChI is InChI=1S/C40H41N3O5/c1-24-10-9-15-30(35(24)44)34-28-16-17-29-33(31(28)22-32-37(46)43(39(48)40(32,34)2)26-13-7-4-8-14-26)38(47)42(36(29)45)27-18-20-41(21-19-27)23-25-11-5-3-6-12-25/h3-16,27,29,31-34,44H,17-23H2,1-2H3. The van der Waals surface area contributed by atoms with Crippen molar-refractivity contribution in [1.29, 1.82) is 0 Å². The van der Waals surface area contributed by atoms with Crippen LogP contribution in [0.5, 0.6) is 5.75 Å². The first kappa shape index (κ1) is 30.8. The van der Waals surface area contributed by atoms with E-state index in [-0.39, 0.29) is 41.3 Å². The summed E-state index contributed by atoms with van der Waals surface area (Å²) in [6, 6.07) is 24.7. The number of carbonyl (C=O) groups excluding carboxylic acids is 4. The third-order valence-corrected chi connectivity index (χ3v) is 12.1. The Kier molecular flexibility index (Phi) is 7.40. The number of hydrogen-bond donors (Lipinski definition) is 1. The molecule has 3 aromatic carbocycles. The summed E-state index contributed by atoms with van der Waals surface area (Å²) < 4.78 is 0. The van der Waals surface area contributed by atoms with E-state index in [0.29, 0.717) is 29.7 Å². The molecule has 8 heteroatoms. The number of phenols is 1. The van der Waals surface area contributed by atoms with Gasteiger partial charge in [-0.2, -0.15) is 0 Å². The number of aromatic hydroxyl groups is 1. The minimum Gasteiger partial charge on any atom is -0.507 e. The van der Waals surface area contributed by atoms with Gasteiger partial charge in [-0.3, -0.25) is 29.0 Å². The Morgan fingerprint density at radius 2 is 1.50 bits per heavy atom. The number of rotatable bonds is 5. The Morgan fingerprint density at radius 1 is 0.812 bits per heavy atom. The van der Waals surface area contributed by atoms with Crippen LogP contribution in [-0.4, -0.2) is 57.7 Å². The number of para-hydroxylation sites is 2. The Hall–Kier alpha value is -4.56. The van der Waals surface area contributed by atoms with E-state index in [1.165, 1.54) is 10.5 Å². The molecule has 6 atom stereocenters. The molecule has 6 unspecified atom stereocenters. The van der Waals surface area contributed by atoms with E-state index in [9.17, 15) is 24.3 Å². The Bertz CT molecular complexity index is 1830. The summed E-state index contributed by atoms with van der Waals surface area (Å²) in [5, 5.41) is 11.4. The van der Waals surface area contributed by atoms with Crippen molar-refractivity contribution in [3.05, 3.63) is 107 Å². The topological polar surface area (TPSA) is 98.2 Å². The molecular weight excluding hydrogens is 602 g/mol. The fourth-order valence-corrected chi connectivity index (χ4v) is 9.66. The number of allylic oxidation sites excluding steroid dienone is 2. The van der Waals surface area contributed by atoms with Gasteiger partial charge in [-0.15, -0.1) is 0 Å². The van der Waals surface area contributed by atoms with E-state index in [0.717, 1.165) is 38.0 Å². The van der Waals surface area contributed by atoms with Crippen molar-refractivity contribution in [3.8, 4) is 5.75 Å². The molecule has 0 aromatic heterocycles. The van der Waals surface area contributed by atoms with Gasteiger partial charge in [0.25, 0.3) is 0 Å². The molecule has 3 heterocycles. The molecule has 246 valence electrons. The first-order valence-corrected chi connectivity index (χ1v) is 17.2. The Morgan fingerprint density at radius 3 is 2.21 bits per heavy atom. The van der Waals surface area contributed by atoms with Gasteiger partial charge in [-0.25, -0.2) is 4.90 Å². The molecule has 3 saturated heterocycles. The lowest BCUT2D eigenvalue weighted by molar-refractivity contribution is -0.144. The van der Waals surface area contributed by atoms with Gasteiger partial charge in [0.15, 0.2) is 0 Å². The molecule has 1 saturated carbocycles.